The summed E-state index contributed by atoms with van der Waals surface area (Å²) in [4.78, 5) is 10.5. The molecule has 118 valence electrons. The maximum absolute atomic E-state index is 12.2. The van der Waals surface area contributed by atoms with Crippen molar-refractivity contribution in [1.29, 1.82) is 0 Å². The summed E-state index contributed by atoms with van der Waals surface area (Å²) in [5.41, 5.74) is 6.25. The zero-order valence-electron chi connectivity index (χ0n) is 11.4. The van der Waals surface area contributed by atoms with Gasteiger partial charge in [-0.3, -0.25) is 4.79 Å². The van der Waals surface area contributed by atoms with Crippen LogP contribution in [0, 0.1) is 0 Å². The molecule has 0 amide bonds. The number of rotatable bonds is 9. The van der Waals surface area contributed by atoms with Crippen molar-refractivity contribution in [3.8, 4) is 11.5 Å². The molecular weight excluding hydrogens is 304 g/mol. The van der Waals surface area contributed by atoms with Crippen molar-refractivity contribution in [2.24, 2.45) is 5.73 Å². The normalized spacial score (nSPS) is 12.2. The Morgan fingerprint density at radius 1 is 1.43 bits per heavy atom. The zero-order chi connectivity index (χ0) is 15.8. The molecule has 0 aliphatic heterocycles. The number of halogens is 2. The van der Waals surface area contributed by atoms with Gasteiger partial charge in [-0.15, -0.1) is 0 Å². The second kappa shape index (κ2) is 8.68. The van der Waals surface area contributed by atoms with E-state index in [1.54, 1.807) is 12.1 Å². The lowest BCUT2D eigenvalue weighted by Gasteiger charge is -2.11. The van der Waals surface area contributed by atoms with Crippen molar-refractivity contribution < 1.29 is 28.2 Å². The Balaban J connectivity index is 2.51. The maximum atomic E-state index is 12.2. The van der Waals surface area contributed by atoms with E-state index in [1.807, 2.05) is 0 Å². The minimum Gasteiger partial charge on any atom is -0.493 e. The first kappa shape index (κ1) is 17.5. The first-order valence-corrected chi connectivity index (χ1v) is 7.27. The standard InChI is InChI=1S/C13H17F2NO4S/c1-19-11-6-8(2-3-10(11)20-13(14)15)7-21-5-4-9(16)12(17)18/h2-3,6,9,13H,4-5,7,16H2,1H3,(H,17,18). The molecule has 0 aliphatic carbocycles. The summed E-state index contributed by atoms with van der Waals surface area (Å²) in [7, 11) is 1.37. The molecule has 3 N–H and O–H groups in total. The molecule has 0 fully saturated rings. The van der Waals surface area contributed by atoms with Crippen LogP contribution in [-0.2, 0) is 10.5 Å². The summed E-state index contributed by atoms with van der Waals surface area (Å²) in [6.45, 7) is -2.91. The average molecular weight is 321 g/mol. The predicted octanol–water partition coefficient (Wildman–Crippen LogP) is 2.33. The molecule has 0 aliphatic rings. The highest BCUT2D eigenvalue weighted by molar-refractivity contribution is 7.98. The van der Waals surface area contributed by atoms with Crippen LogP contribution in [0.2, 0.25) is 0 Å². The molecule has 0 spiro atoms. The maximum Gasteiger partial charge on any atom is 0.387 e. The molecule has 0 saturated carbocycles. The van der Waals surface area contributed by atoms with E-state index < -0.39 is 18.6 Å². The molecule has 5 nitrogen and oxygen atoms in total. The second-order valence-corrected chi connectivity index (χ2v) is 5.25. The van der Waals surface area contributed by atoms with E-state index in [0.29, 0.717) is 17.9 Å². The Labute approximate surface area is 125 Å². The van der Waals surface area contributed by atoms with Crippen LogP contribution in [-0.4, -0.2) is 36.6 Å². The molecular formula is C13H17F2NO4S. The van der Waals surface area contributed by atoms with Gasteiger partial charge in [-0.05, 0) is 29.9 Å². The van der Waals surface area contributed by atoms with Gasteiger partial charge in [-0.25, -0.2) is 0 Å². The summed E-state index contributed by atoms with van der Waals surface area (Å²) in [6.07, 6.45) is 0.365. The van der Waals surface area contributed by atoms with Gasteiger partial charge in [0.25, 0.3) is 0 Å². The summed E-state index contributed by atoms with van der Waals surface area (Å²) in [6, 6.07) is 3.82. The number of carboxylic acids is 1. The molecule has 1 aromatic carbocycles. The summed E-state index contributed by atoms with van der Waals surface area (Å²) in [5.74, 6) is 0.374. The highest BCUT2D eigenvalue weighted by Crippen LogP contribution is 2.30. The highest BCUT2D eigenvalue weighted by atomic mass is 32.2. The van der Waals surface area contributed by atoms with Gasteiger partial charge >= 0.3 is 12.6 Å². The number of benzene rings is 1. The van der Waals surface area contributed by atoms with Crippen molar-refractivity contribution in [3.05, 3.63) is 23.8 Å². The molecule has 0 saturated heterocycles. The fraction of sp³-hybridized carbons (Fsp3) is 0.462. The van der Waals surface area contributed by atoms with Crippen LogP contribution < -0.4 is 15.2 Å². The number of nitrogens with two attached hydrogens (primary N) is 1. The van der Waals surface area contributed by atoms with Crippen LogP contribution in [0.4, 0.5) is 8.78 Å². The molecule has 1 unspecified atom stereocenters. The third-order valence-corrected chi connectivity index (χ3v) is 3.67. The number of carbonyl (C=O) groups is 1. The number of hydrogen-bond donors (Lipinski definition) is 2. The highest BCUT2D eigenvalue weighted by Gasteiger charge is 2.12. The van der Waals surface area contributed by atoms with Crippen molar-refractivity contribution in [3.63, 3.8) is 0 Å². The Morgan fingerprint density at radius 2 is 2.14 bits per heavy atom. The van der Waals surface area contributed by atoms with Crippen LogP contribution in [0.15, 0.2) is 18.2 Å². The van der Waals surface area contributed by atoms with Crippen LogP contribution >= 0.6 is 11.8 Å². The Bertz CT molecular complexity index is 473. The van der Waals surface area contributed by atoms with Crippen molar-refractivity contribution in [1.82, 2.24) is 0 Å². The number of carboxylic acid groups (broad SMARTS) is 1. The molecule has 21 heavy (non-hydrogen) atoms. The monoisotopic (exact) mass is 321 g/mol. The van der Waals surface area contributed by atoms with E-state index in [-0.39, 0.29) is 11.5 Å². The number of methoxy groups -OCH3 is 1. The molecule has 0 aromatic heterocycles. The second-order valence-electron chi connectivity index (χ2n) is 4.15. The number of alkyl halides is 2. The molecule has 1 rings (SSSR count). The van der Waals surface area contributed by atoms with E-state index in [9.17, 15) is 13.6 Å². The van der Waals surface area contributed by atoms with E-state index in [1.165, 1.54) is 24.9 Å². The molecule has 1 aromatic rings. The third-order valence-electron chi connectivity index (χ3n) is 2.60. The van der Waals surface area contributed by atoms with Gasteiger partial charge in [0.05, 0.1) is 7.11 Å². The van der Waals surface area contributed by atoms with Gasteiger partial charge in [0.1, 0.15) is 6.04 Å². The molecule has 0 radical (unpaired) electrons. The van der Waals surface area contributed by atoms with Gasteiger partial charge in [-0.1, -0.05) is 6.07 Å². The molecule has 0 heterocycles. The lowest BCUT2D eigenvalue weighted by atomic mass is 10.2. The lowest BCUT2D eigenvalue weighted by molar-refractivity contribution is -0.138. The number of ether oxygens (including phenoxy) is 2. The fourth-order valence-electron chi connectivity index (χ4n) is 1.52. The first-order valence-electron chi connectivity index (χ1n) is 6.12. The Kier molecular flexibility index (Phi) is 7.24. The molecule has 1 atom stereocenters. The van der Waals surface area contributed by atoms with Crippen molar-refractivity contribution in [2.45, 2.75) is 24.8 Å². The summed E-state index contributed by atoms with van der Waals surface area (Å²) in [5, 5.41) is 8.64. The molecule has 0 bridgehead atoms. The number of thioether (sulfide) groups is 1. The minimum atomic E-state index is -2.91. The average Bonchev–Trinajstić information content (AvgIpc) is 2.43. The predicted molar refractivity (Wildman–Crippen MR) is 76.0 cm³/mol. The fourth-order valence-corrected chi connectivity index (χ4v) is 2.50. The van der Waals surface area contributed by atoms with Crippen molar-refractivity contribution >= 4 is 17.7 Å². The quantitative estimate of drug-likeness (QED) is 0.679. The van der Waals surface area contributed by atoms with Crippen LogP contribution in [0.3, 0.4) is 0 Å². The Hall–Kier alpha value is -1.54. The van der Waals surface area contributed by atoms with Gasteiger partial charge in [0.2, 0.25) is 0 Å². The van der Waals surface area contributed by atoms with Crippen LogP contribution in [0.5, 0.6) is 11.5 Å². The van der Waals surface area contributed by atoms with E-state index in [0.717, 1.165) is 5.56 Å². The summed E-state index contributed by atoms with van der Waals surface area (Å²) >= 11 is 1.50. The largest absolute Gasteiger partial charge is 0.493 e. The SMILES string of the molecule is COc1cc(CSCCC(N)C(=O)O)ccc1OC(F)F. The Morgan fingerprint density at radius 3 is 2.71 bits per heavy atom. The minimum absolute atomic E-state index is 0.0193. The summed E-state index contributed by atoms with van der Waals surface area (Å²) < 4.78 is 33.7. The van der Waals surface area contributed by atoms with Gasteiger partial charge in [-0.2, -0.15) is 20.5 Å². The van der Waals surface area contributed by atoms with Crippen molar-refractivity contribution in [2.75, 3.05) is 12.9 Å². The molecule has 8 heteroatoms. The number of hydrogen-bond acceptors (Lipinski definition) is 5. The lowest BCUT2D eigenvalue weighted by Crippen LogP contribution is -2.30. The van der Waals surface area contributed by atoms with E-state index in [2.05, 4.69) is 4.74 Å². The number of aliphatic carboxylic acids is 1. The topological polar surface area (TPSA) is 81.8 Å². The van der Waals surface area contributed by atoms with E-state index in [4.69, 9.17) is 15.6 Å². The first-order chi connectivity index (χ1) is 9.93. The van der Waals surface area contributed by atoms with Gasteiger partial charge < -0.3 is 20.3 Å². The van der Waals surface area contributed by atoms with Gasteiger partial charge in [0, 0.05) is 5.75 Å². The van der Waals surface area contributed by atoms with Crippen LogP contribution in [0.1, 0.15) is 12.0 Å². The zero-order valence-corrected chi connectivity index (χ0v) is 12.2. The van der Waals surface area contributed by atoms with Gasteiger partial charge in [0.15, 0.2) is 11.5 Å². The smallest absolute Gasteiger partial charge is 0.387 e. The van der Waals surface area contributed by atoms with E-state index >= 15 is 0 Å². The third kappa shape index (κ3) is 6.17. The van der Waals surface area contributed by atoms with Crippen LogP contribution in [0.25, 0.3) is 0 Å².